The van der Waals surface area contributed by atoms with Crippen LogP contribution in [0.1, 0.15) is 34.1 Å². The molecule has 24 heavy (non-hydrogen) atoms. The molecule has 0 bridgehead atoms. The molecule has 1 atom stereocenters. The summed E-state index contributed by atoms with van der Waals surface area (Å²) in [4.78, 5) is 13.0. The summed E-state index contributed by atoms with van der Waals surface area (Å²) >= 11 is 7.79. The molecule has 0 spiro atoms. The number of nitrogens with zero attached hydrogens (tertiary/aromatic N) is 2. The molecule has 120 valence electrons. The maximum Gasteiger partial charge on any atom is 0.276 e. The molecule has 2 aromatic heterocycles. The van der Waals surface area contributed by atoms with Crippen LogP contribution in [-0.2, 0) is 0 Å². The summed E-state index contributed by atoms with van der Waals surface area (Å²) < 4.78 is 5.45. The van der Waals surface area contributed by atoms with Crippen LogP contribution in [0, 0.1) is 0 Å². The number of halogens is 1. The molecule has 4 rings (SSSR count). The molecule has 1 aliphatic heterocycles. The third kappa shape index (κ3) is 2.66. The van der Waals surface area contributed by atoms with Crippen molar-refractivity contribution in [2.24, 2.45) is 5.10 Å². The maximum atomic E-state index is 13.0. The Bertz CT molecular complexity index is 888. The molecule has 0 aliphatic carbocycles. The quantitative estimate of drug-likeness (QED) is 0.664. The van der Waals surface area contributed by atoms with Gasteiger partial charge in [-0.1, -0.05) is 23.7 Å². The summed E-state index contributed by atoms with van der Waals surface area (Å²) in [7, 11) is 0. The van der Waals surface area contributed by atoms with E-state index < -0.39 is 0 Å². The van der Waals surface area contributed by atoms with E-state index >= 15 is 0 Å². The highest BCUT2D eigenvalue weighted by Gasteiger charge is 2.35. The fourth-order valence-corrected chi connectivity index (χ4v) is 3.70. The molecular formula is C18H13ClN2O2S. The molecule has 3 heterocycles. The third-order valence-electron chi connectivity index (χ3n) is 3.96. The summed E-state index contributed by atoms with van der Waals surface area (Å²) in [5.41, 5.74) is 2.27. The highest BCUT2D eigenvalue weighted by atomic mass is 35.5. The lowest BCUT2D eigenvalue weighted by Gasteiger charge is -2.21. The fourth-order valence-electron chi connectivity index (χ4n) is 2.77. The van der Waals surface area contributed by atoms with E-state index in [0.717, 1.165) is 11.3 Å². The number of furan rings is 1. The Hall–Kier alpha value is -2.37. The first kappa shape index (κ1) is 15.2. The van der Waals surface area contributed by atoms with Crippen molar-refractivity contribution in [2.75, 3.05) is 0 Å². The van der Waals surface area contributed by atoms with Crippen LogP contribution < -0.4 is 0 Å². The van der Waals surface area contributed by atoms with Crippen molar-refractivity contribution in [3.8, 4) is 0 Å². The van der Waals surface area contributed by atoms with Crippen LogP contribution in [0.25, 0.3) is 0 Å². The average molecular weight is 357 g/mol. The first-order valence-electron chi connectivity index (χ1n) is 7.45. The number of hydrogen-bond acceptors (Lipinski definition) is 4. The van der Waals surface area contributed by atoms with Gasteiger partial charge < -0.3 is 4.42 Å². The van der Waals surface area contributed by atoms with Gasteiger partial charge in [-0.25, -0.2) is 5.01 Å². The van der Waals surface area contributed by atoms with Crippen LogP contribution in [0.4, 0.5) is 0 Å². The lowest BCUT2D eigenvalue weighted by atomic mass is 10.0. The number of benzene rings is 1. The summed E-state index contributed by atoms with van der Waals surface area (Å²) in [5.74, 6) is 0.475. The number of hydrazone groups is 1. The zero-order chi connectivity index (χ0) is 16.5. The predicted molar refractivity (Wildman–Crippen MR) is 94.5 cm³/mol. The van der Waals surface area contributed by atoms with Crippen LogP contribution in [0.3, 0.4) is 0 Å². The largest absolute Gasteiger partial charge is 0.463 e. The molecule has 0 saturated heterocycles. The molecule has 6 heteroatoms. The molecule has 1 amide bonds. The fraction of sp³-hybridized carbons (Fsp3) is 0.111. The van der Waals surface area contributed by atoms with E-state index in [4.69, 9.17) is 16.0 Å². The van der Waals surface area contributed by atoms with Gasteiger partial charge in [-0.15, -0.1) is 0 Å². The zero-order valence-corrected chi connectivity index (χ0v) is 14.1. The average Bonchev–Trinajstić information content (AvgIpc) is 3.33. The Morgan fingerprint density at radius 1 is 1.25 bits per heavy atom. The van der Waals surface area contributed by atoms with Gasteiger partial charge in [0.05, 0.1) is 22.9 Å². The monoisotopic (exact) mass is 356 g/mol. The number of hydrogen-bond donors (Lipinski definition) is 0. The van der Waals surface area contributed by atoms with E-state index in [-0.39, 0.29) is 11.9 Å². The smallest absolute Gasteiger partial charge is 0.276 e. The minimum atomic E-state index is -0.210. The van der Waals surface area contributed by atoms with Gasteiger partial charge in [0.25, 0.3) is 5.91 Å². The lowest BCUT2D eigenvalue weighted by Crippen LogP contribution is -2.27. The summed E-state index contributed by atoms with van der Waals surface area (Å²) in [5, 5.41) is 10.5. The molecule has 1 aromatic carbocycles. The third-order valence-corrected chi connectivity index (χ3v) is 4.99. The van der Waals surface area contributed by atoms with Crippen molar-refractivity contribution in [3.63, 3.8) is 0 Å². The van der Waals surface area contributed by atoms with Gasteiger partial charge in [0, 0.05) is 6.42 Å². The van der Waals surface area contributed by atoms with Crippen LogP contribution in [0.15, 0.2) is 69.0 Å². The molecule has 0 radical (unpaired) electrons. The van der Waals surface area contributed by atoms with Gasteiger partial charge in [0.15, 0.2) is 0 Å². The Labute approximate surface area is 148 Å². The van der Waals surface area contributed by atoms with Crippen molar-refractivity contribution in [1.29, 1.82) is 0 Å². The number of carbonyl (C=O) groups excluding carboxylic acids is 1. The second kappa shape index (κ2) is 6.26. The lowest BCUT2D eigenvalue weighted by molar-refractivity contribution is 0.0711. The van der Waals surface area contributed by atoms with Gasteiger partial charge >= 0.3 is 0 Å². The second-order valence-corrected chi connectivity index (χ2v) is 6.62. The summed E-state index contributed by atoms with van der Waals surface area (Å²) in [6.07, 6.45) is 2.22. The van der Waals surface area contributed by atoms with Crippen molar-refractivity contribution >= 4 is 34.6 Å². The van der Waals surface area contributed by atoms with Crippen LogP contribution in [0.2, 0.25) is 5.02 Å². The van der Waals surface area contributed by atoms with Gasteiger partial charge in [-0.3, -0.25) is 4.79 Å². The molecule has 0 unspecified atom stereocenters. The SMILES string of the molecule is O=C(c1ccccc1Cl)N1N=C(c2ccco2)C[C@H]1c1ccsc1. The van der Waals surface area contributed by atoms with E-state index in [1.165, 1.54) is 5.01 Å². The van der Waals surface area contributed by atoms with Crippen molar-refractivity contribution < 1.29 is 9.21 Å². The van der Waals surface area contributed by atoms with Crippen LogP contribution in [-0.4, -0.2) is 16.6 Å². The highest BCUT2D eigenvalue weighted by Crippen LogP contribution is 2.35. The maximum absolute atomic E-state index is 13.0. The molecule has 0 saturated carbocycles. The standard InChI is InChI=1S/C18H13ClN2O2S/c19-14-5-2-1-4-13(14)18(22)21-16(12-7-9-24-11-12)10-15(20-21)17-6-3-8-23-17/h1-9,11,16H,10H2/t16-/m0/s1. The van der Waals surface area contributed by atoms with E-state index in [0.29, 0.717) is 22.8 Å². The predicted octanol–water partition coefficient (Wildman–Crippen LogP) is 4.99. The molecule has 4 nitrogen and oxygen atoms in total. The highest BCUT2D eigenvalue weighted by molar-refractivity contribution is 7.08. The van der Waals surface area contributed by atoms with Crippen LogP contribution in [0.5, 0.6) is 0 Å². The van der Waals surface area contributed by atoms with Gasteiger partial charge in [-0.2, -0.15) is 16.4 Å². The van der Waals surface area contributed by atoms with Crippen molar-refractivity contribution in [3.05, 3.63) is 81.4 Å². The Morgan fingerprint density at radius 3 is 2.83 bits per heavy atom. The van der Waals surface area contributed by atoms with E-state index in [9.17, 15) is 4.79 Å². The van der Waals surface area contributed by atoms with E-state index in [1.54, 1.807) is 41.9 Å². The van der Waals surface area contributed by atoms with Gasteiger partial charge in [-0.05, 0) is 46.7 Å². The number of amides is 1. The normalized spacial score (nSPS) is 17.1. The topological polar surface area (TPSA) is 45.8 Å². The van der Waals surface area contributed by atoms with E-state index in [2.05, 4.69) is 5.10 Å². The number of carbonyl (C=O) groups is 1. The number of rotatable bonds is 3. The van der Waals surface area contributed by atoms with E-state index in [1.807, 2.05) is 29.0 Å². The Kier molecular flexibility index (Phi) is 3.96. The first-order chi connectivity index (χ1) is 11.7. The van der Waals surface area contributed by atoms with Crippen molar-refractivity contribution in [2.45, 2.75) is 12.5 Å². The molecule has 0 N–H and O–H groups in total. The van der Waals surface area contributed by atoms with Crippen LogP contribution >= 0.6 is 22.9 Å². The second-order valence-electron chi connectivity index (χ2n) is 5.43. The molecule has 1 aliphatic rings. The van der Waals surface area contributed by atoms with Gasteiger partial charge in [0.1, 0.15) is 11.5 Å². The minimum Gasteiger partial charge on any atom is -0.463 e. The van der Waals surface area contributed by atoms with Crippen molar-refractivity contribution in [1.82, 2.24) is 5.01 Å². The van der Waals surface area contributed by atoms with Gasteiger partial charge in [0.2, 0.25) is 0 Å². The molecule has 3 aromatic rings. The summed E-state index contributed by atoms with van der Waals surface area (Å²) in [6.45, 7) is 0. The first-order valence-corrected chi connectivity index (χ1v) is 8.77. The summed E-state index contributed by atoms with van der Waals surface area (Å²) in [6, 6.07) is 12.6. The zero-order valence-electron chi connectivity index (χ0n) is 12.6. The molecular weight excluding hydrogens is 344 g/mol. The Morgan fingerprint density at radius 2 is 2.12 bits per heavy atom. The minimum absolute atomic E-state index is 0.153. The Balaban J connectivity index is 1.74. The number of thiophene rings is 1. The molecule has 0 fully saturated rings.